The molecular weight excluding hydrogens is 336 g/mol. The molecule has 1 aromatic carbocycles. The smallest absolute Gasteiger partial charge is 0.395 e. The highest BCUT2D eigenvalue weighted by Crippen LogP contribution is 2.41. The number of carbonyl (C=O) groups is 1. The maximum atomic E-state index is 13.0. The Labute approximate surface area is 141 Å². The van der Waals surface area contributed by atoms with E-state index in [4.69, 9.17) is 0 Å². The monoisotopic (exact) mass is 351 g/mol. The zero-order valence-electron chi connectivity index (χ0n) is 12.9. The Hall–Kier alpha value is -2.41. The molecule has 0 N–H and O–H groups in total. The number of benzene rings is 1. The van der Waals surface area contributed by atoms with Gasteiger partial charge in [-0.05, 0) is 42.1 Å². The van der Waals surface area contributed by atoms with E-state index in [1.165, 1.54) is 18.2 Å². The van der Waals surface area contributed by atoms with Crippen molar-refractivity contribution in [2.24, 2.45) is 0 Å². The van der Waals surface area contributed by atoms with Gasteiger partial charge < -0.3 is 14.4 Å². The molecule has 0 aliphatic carbocycles. The van der Waals surface area contributed by atoms with Crippen molar-refractivity contribution in [2.75, 3.05) is 6.54 Å². The van der Waals surface area contributed by atoms with Gasteiger partial charge in [-0.2, -0.15) is 0 Å². The first-order chi connectivity index (χ1) is 11.5. The summed E-state index contributed by atoms with van der Waals surface area (Å²) in [4.78, 5) is 15.1. The van der Waals surface area contributed by atoms with E-state index in [1.807, 2.05) is 24.4 Å². The lowest BCUT2D eigenvalue weighted by molar-refractivity contribution is -0.286. The van der Waals surface area contributed by atoms with E-state index in [1.54, 1.807) is 28.4 Å². The molecule has 3 rings (SSSR count). The van der Waals surface area contributed by atoms with Crippen LogP contribution in [0.1, 0.15) is 17.4 Å². The number of ether oxygens (including phenoxy) is 2. The molecule has 1 amide bonds. The van der Waals surface area contributed by atoms with Crippen LogP contribution < -0.4 is 9.47 Å². The van der Waals surface area contributed by atoms with Crippen LogP contribution in [0.2, 0.25) is 0 Å². The lowest BCUT2D eigenvalue weighted by Gasteiger charge is -2.18. The molecule has 126 valence electrons. The molecule has 2 heterocycles. The Balaban J connectivity index is 1.68. The molecular formula is C17H15F2NO3S. The number of alkyl halides is 2. The number of fused-ring (bicyclic) bond motifs is 1. The second kappa shape index (κ2) is 6.60. The van der Waals surface area contributed by atoms with Gasteiger partial charge in [-0.15, -0.1) is 20.1 Å². The molecule has 1 aliphatic heterocycles. The maximum Gasteiger partial charge on any atom is 0.586 e. The van der Waals surface area contributed by atoms with E-state index in [-0.39, 0.29) is 17.4 Å². The minimum absolute atomic E-state index is 0.0173. The van der Waals surface area contributed by atoms with Crippen molar-refractivity contribution in [1.82, 2.24) is 4.90 Å². The number of hydrogen-bond donors (Lipinski definition) is 0. The van der Waals surface area contributed by atoms with Crippen molar-refractivity contribution >= 4 is 23.3 Å². The summed E-state index contributed by atoms with van der Waals surface area (Å²) in [6.07, 6.45) is -0.646. The number of carbonyl (C=O) groups excluding carboxylic acids is 1. The van der Waals surface area contributed by atoms with E-state index in [0.717, 1.165) is 4.88 Å². The molecule has 0 radical (unpaired) electrons. The third-order valence-electron chi connectivity index (χ3n) is 3.46. The van der Waals surface area contributed by atoms with Crippen LogP contribution in [0.25, 0.3) is 6.08 Å². The van der Waals surface area contributed by atoms with Gasteiger partial charge in [0.05, 0.1) is 6.54 Å². The molecule has 0 saturated carbocycles. The number of hydrogen-bond acceptors (Lipinski definition) is 4. The summed E-state index contributed by atoms with van der Waals surface area (Å²) in [5, 5.41) is 1.96. The van der Waals surface area contributed by atoms with Crippen LogP contribution in [-0.4, -0.2) is 23.6 Å². The highest BCUT2D eigenvalue weighted by atomic mass is 32.1. The molecule has 0 saturated heterocycles. The third-order valence-corrected chi connectivity index (χ3v) is 4.33. The van der Waals surface area contributed by atoms with Crippen molar-refractivity contribution in [3.05, 3.63) is 52.2 Å². The molecule has 0 atom stereocenters. The Morgan fingerprint density at radius 1 is 1.29 bits per heavy atom. The van der Waals surface area contributed by atoms with Crippen LogP contribution in [0.15, 0.2) is 41.8 Å². The predicted molar refractivity (Wildman–Crippen MR) is 87.1 cm³/mol. The Morgan fingerprint density at radius 2 is 2.08 bits per heavy atom. The first-order valence-electron chi connectivity index (χ1n) is 7.36. The highest BCUT2D eigenvalue weighted by Gasteiger charge is 2.43. The Bertz CT molecular complexity index is 759. The molecule has 1 aliphatic rings. The van der Waals surface area contributed by atoms with Crippen LogP contribution in [0, 0.1) is 0 Å². The summed E-state index contributed by atoms with van der Waals surface area (Å²) in [6.45, 7) is 3.03. The molecule has 7 heteroatoms. The quantitative estimate of drug-likeness (QED) is 0.760. The van der Waals surface area contributed by atoms with E-state index in [2.05, 4.69) is 9.47 Å². The topological polar surface area (TPSA) is 38.8 Å². The second-order valence-electron chi connectivity index (χ2n) is 5.14. The lowest BCUT2D eigenvalue weighted by Crippen LogP contribution is -2.28. The van der Waals surface area contributed by atoms with E-state index in [9.17, 15) is 13.6 Å². The zero-order chi connectivity index (χ0) is 17.2. The fraction of sp³-hybridized carbons (Fsp3) is 0.235. The molecule has 0 fully saturated rings. The fourth-order valence-electron chi connectivity index (χ4n) is 2.28. The normalized spacial score (nSPS) is 15.0. The molecule has 0 spiro atoms. The van der Waals surface area contributed by atoms with Gasteiger partial charge in [0, 0.05) is 17.5 Å². The SMILES string of the molecule is CCN(Cc1cccs1)C(=O)C=Cc1ccc2c(c1)OC(F)(F)O2. The number of nitrogens with zero attached hydrogens (tertiary/aromatic N) is 1. The first kappa shape index (κ1) is 16.4. The molecule has 0 unspecified atom stereocenters. The predicted octanol–water partition coefficient (Wildman–Crippen LogP) is 4.13. The standard InChI is InChI=1S/C17H15F2NO3S/c1-2-20(11-13-4-3-9-24-13)16(21)8-6-12-5-7-14-15(10-12)23-17(18,19)22-14/h3-10H,2,11H2,1H3. The van der Waals surface area contributed by atoms with Crippen molar-refractivity contribution in [3.63, 3.8) is 0 Å². The van der Waals surface area contributed by atoms with Gasteiger partial charge in [0.25, 0.3) is 0 Å². The molecule has 0 bridgehead atoms. The molecule has 24 heavy (non-hydrogen) atoms. The Kier molecular flexibility index (Phi) is 4.53. The minimum atomic E-state index is -3.64. The van der Waals surface area contributed by atoms with E-state index in [0.29, 0.717) is 18.7 Å². The largest absolute Gasteiger partial charge is 0.586 e. The number of halogens is 2. The van der Waals surface area contributed by atoms with Gasteiger partial charge >= 0.3 is 6.29 Å². The van der Waals surface area contributed by atoms with Crippen molar-refractivity contribution in [1.29, 1.82) is 0 Å². The van der Waals surface area contributed by atoms with Crippen LogP contribution >= 0.6 is 11.3 Å². The number of thiophene rings is 1. The van der Waals surface area contributed by atoms with Crippen LogP contribution in [0.4, 0.5) is 8.78 Å². The summed E-state index contributed by atoms with van der Waals surface area (Å²) in [6, 6.07) is 8.31. The Morgan fingerprint density at radius 3 is 2.79 bits per heavy atom. The summed E-state index contributed by atoms with van der Waals surface area (Å²) < 4.78 is 34.7. The van der Waals surface area contributed by atoms with Crippen LogP contribution in [0.5, 0.6) is 11.5 Å². The summed E-state index contributed by atoms with van der Waals surface area (Å²) >= 11 is 1.59. The maximum absolute atomic E-state index is 13.0. The summed E-state index contributed by atoms with van der Waals surface area (Å²) in [5.74, 6) is -0.203. The molecule has 4 nitrogen and oxygen atoms in total. The number of amides is 1. The number of rotatable bonds is 5. The van der Waals surface area contributed by atoms with Crippen molar-refractivity contribution < 1.29 is 23.0 Å². The van der Waals surface area contributed by atoms with Gasteiger partial charge in [-0.25, -0.2) is 0 Å². The zero-order valence-corrected chi connectivity index (χ0v) is 13.7. The van der Waals surface area contributed by atoms with Gasteiger partial charge in [0.15, 0.2) is 11.5 Å². The third kappa shape index (κ3) is 3.73. The van der Waals surface area contributed by atoms with Crippen LogP contribution in [0.3, 0.4) is 0 Å². The minimum Gasteiger partial charge on any atom is -0.395 e. The van der Waals surface area contributed by atoms with E-state index < -0.39 is 6.29 Å². The number of likely N-dealkylation sites (N-methyl/N-ethyl adjacent to an activating group) is 1. The second-order valence-corrected chi connectivity index (χ2v) is 6.17. The van der Waals surface area contributed by atoms with Crippen molar-refractivity contribution in [3.8, 4) is 11.5 Å². The lowest BCUT2D eigenvalue weighted by atomic mass is 10.2. The summed E-state index contributed by atoms with van der Waals surface area (Å²) in [5.41, 5.74) is 0.579. The highest BCUT2D eigenvalue weighted by molar-refractivity contribution is 7.09. The van der Waals surface area contributed by atoms with Crippen molar-refractivity contribution in [2.45, 2.75) is 19.8 Å². The van der Waals surface area contributed by atoms with E-state index >= 15 is 0 Å². The van der Waals surface area contributed by atoms with Gasteiger partial charge in [-0.1, -0.05) is 12.1 Å². The molecule has 2 aromatic rings. The fourth-order valence-corrected chi connectivity index (χ4v) is 3.00. The summed E-state index contributed by atoms with van der Waals surface area (Å²) in [7, 11) is 0. The van der Waals surface area contributed by atoms with Gasteiger partial charge in [-0.3, -0.25) is 4.79 Å². The average molecular weight is 351 g/mol. The van der Waals surface area contributed by atoms with Gasteiger partial charge in [0.1, 0.15) is 0 Å². The van der Waals surface area contributed by atoms with Gasteiger partial charge in [0.2, 0.25) is 5.91 Å². The first-order valence-corrected chi connectivity index (χ1v) is 8.24. The van der Waals surface area contributed by atoms with Crippen LogP contribution in [-0.2, 0) is 11.3 Å². The average Bonchev–Trinajstić information content (AvgIpc) is 3.15. The molecule has 1 aromatic heterocycles.